The van der Waals surface area contributed by atoms with E-state index in [4.69, 9.17) is 5.73 Å². The first-order valence-electron chi connectivity index (χ1n) is 4.09. The van der Waals surface area contributed by atoms with Gasteiger partial charge in [-0.1, -0.05) is 5.92 Å². The molecule has 2 N–H and O–H groups in total. The molecule has 80 valence electrons. The number of carbonyl (C=O) groups excluding carboxylic acids is 2. The highest BCUT2D eigenvalue weighted by Crippen LogP contribution is 2.15. The van der Waals surface area contributed by atoms with E-state index in [-0.39, 0.29) is 16.8 Å². The Morgan fingerprint density at radius 1 is 1.44 bits per heavy atom. The molecule has 1 amide bonds. The molecule has 0 aliphatic heterocycles. The fraction of sp³-hybridized carbons (Fsp3) is 0. The maximum Gasteiger partial charge on any atom is 0.293 e. The third kappa shape index (κ3) is 2.92. The van der Waals surface area contributed by atoms with Crippen molar-refractivity contribution in [3.63, 3.8) is 0 Å². The fourth-order valence-electron chi connectivity index (χ4n) is 1.01. The van der Waals surface area contributed by atoms with E-state index in [2.05, 4.69) is 5.92 Å². The zero-order valence-corrected chi connectivity index (χ0v) is 7.97. The lowest BCUT2D eigenvalue weighted by Crippen LogP contribution is -2.06. The third-order valence-corrected chi connectivity index (χ3v) is 1.62. The lowest BCUT2D eigenvalue weighted by Gasteiger charge is -1.95. The topological polar surface area (TPSA) is 103 Å². The number of nitrogens with zero attached hydrogens (tertiary/aromatic N) is 1. The number of hydrogen-bond donors (Lipinski definition) is 1. The molecule has 0 fully saturated rings. The van der Waals surface area contributed by atoms with Crippen molar-refractivity contribution in [3.8, 4) is 11.8 Å². The van der Waals surface area contributed by atoms with E-state index in [1.165, 1.54) is 6.07 Å². The monoisotopic (exact) mass is 218 g/mol. The van der Waals surface area contributed by atoms with Gasteiger partial charge < -0.3 is 5.73 Å². The minimum absolute atomic E-state index is 0.114. The number of primary amides is 1. The van der Waals surface area contributed by atoms with Crippen molar-refractivity contribution in [2.45, 2.75) is 0 Å². The van der Waals surface area contributed by atoms with Gasteiger partial charge in [0.15, 0.2) is 0 Å². The molecular formula is C10H6N2O4. The molecular weight excluding hydrogens is 212 g/mol. The van der Waals surface area contributed by atoms with Gasteiger partial charge in [0.2, 0.25) is 0 Å². The van der Waals surface area contributed by atoms with Crippen molar-refractivity contribution >= 4 is 17.9 Å². The molecule has 6 heteroatoms. The van der Waals surface area contributed by atoms with Gasteiger partial charge in [0.05, 0.1) is 4.92 Å². The van der Waals surface area contributed by atoms with Crippen LogP contribution in [0, 0.1) is 22.0 Å². The zero-order chi connectivity index (χ0) is 12.1. The Hall–Kier alpha value is -2.68. The summed E-state index contributed by atoms with van der Waals surface area (Å²) in [5, 5.41) is 10.5. The van der Waals surface area contributed by atoms with Gasteiger partial charge >= 0.3 is 0 Å². The average Bonchev–Trinajstić information content (AvgIpc) is 2.25. The van der Waals surface area contributed by atoms with Gasteiger partial charge in [-0.25, -0.2) is 0 Å². The van der Waals surface area contributed by atoms with E-state index < -0.39 is 10.8 Å². The zero-order valence-electron chi connectivity index (χ0n) is 7.97. The van der Waals surface area contributed by atoms with Crippen LogP contribution in [0.1, 0.15) is 15.9 Å². The minimum Gasteiger partial charge on any atom is -0.359 e. The van der Waals surface area contributed by atoms with Crippen molar-refractivity contribution in [2.24, 2.45) is 5.73 Å². The van der Waals surface area contributed by atoms with E-state index in [9.17, 15) is 19.7 Å². The first-order chi connectivity index (χ1) is 7.52. The quantitative estimate of drug-likeness (QED) is 0.332. The standard InChI is InChI=1S/C10H6N2O4/c11-10(14)2-1-7-3-8(6-13)5-9(4-7)12(15)16/h3-6H,(H2,11,14). The third-order valence-electron chi connectivity index (χ3n) is 1.62. The summed E-state index contributed by atoms with van der Waals surface area (Å²) in [4.78, 5) is 30.8. The Bertz CT molecular complexity index is 525. The fourth-order valence-corrected chi connectivity index (χ4v) is 1.01. The maximum absolute atomic E-state index is 10.5. The van der Waals surface area contributed by atoms with Crippen molar-refractivity contribution in [1.29, 1.82) is 0 Å². The number of hydrogen-bond acceptors (Lipinski definition) is 4. The molecule has 1 aromatic carbocycles. The highest BCUT2D eigenvalue weighted by Gasteiger charge is 2.08. The summed E-state index contributed by atoms with van der Waals surface area (Å²) in [6.45, 7) is 0. The van der Waals surface area contributed by atoms with E-state index in [0.717, 1.165) is 12.1 Å². The lowest BCUT2D eigenvalue weighted by molar-refractivity contribution is -0.384. The number of rotatable bonds is 2. The van der Waals surface area contributed by atoms with Crippen LogP contribution in [0.3, 0.4) is 0 Å². The van der Waals surface area contributed by atoms with Crippen LogP contribution in [0.2, 0.25) is 0 Å². The van der Waals surface area contributed by atoms with E-state index >= 15 is 0 Å². The smallest absolute Gasteiger partial charge is 0.293 e. The van der Waals surface area contributed by atoms with Crippen LogP contribution in [0.25, 0.3) is 0 Å². The molecule has 0 heterocycles. The van der Waals surface area contributed by atoms with Crippen LogP contribution >= 0.6 is 0 Å². The first-order valence-corrected chi connectivity index (χ1v) is 4.09. The van der Waals surface area contributed by atoms with E-state index in [1.54, 1.807) is 0 Å². The molecule has 1 aromatic rings. The molecule has 1 rings (SSSR count). The van der Waals surface area contributed by atoms with Crippen LogP contribution in [-0.2, 0) is 4.79 Å². The van der Waals surface area contributed by atoms with Gasteiger partial charge in [0.25, 0.3) is 11.6 Å². The summed E-state index contributed by atoms with van der Waals surface area (Å²) in [7, 11) is 0. The molecule has 0 saturated carbocycles. The summed E-state index contributed by atoms with van der Waals surface area (Å²) in [5.74, 6) is 3.51. The van der Waals surface area contributed by atoms with E-state index in [0.29, 0.717) is 6.29 Å². The molecule has 16 heavy (non-hydrogen) atoms. The van der Waals surface area contributed by atoms with Gasteiger partial charge in [0, 0.05) is 23.3 Å². The number of non-ortho nitro benzene ring substituents is 1. The first kappa shape index (κ1) is 11.4. The molecule has 0 radical (unpaired) electrons. The predicted octanol–water partition coefficient (Wildman–Crippen LogP) is 0.244. The number of amides is 1. The van der Waals surface area contributed by atoms with Gasteiger partial charge in [-0.15, -0.1) is 0 Å². The molecule has 0 aliphatic rings. The highest BCUT2D eigenvalue weighted by atomic mass is 16.6. The number of carbonyl (C=O) groups is 2. The molecule has 6 nitrogen and oxygen atoms in total. The molecule has 0 saturated heterocycles. The largest absolute Gasteiger partial charge is 0.359 e. The van der Waals surface area contributed by atoms with Gasteiger partial charge in [-0.05, 0) is 12.0 Å². The van der Waals surface area contributed by atoms with Gasteiger partial charge in [0.1, 0.15) is 6.29 Å². The Labute approximate surface area is 90.2 Å². The minimum atomic E-state index is -0.848. The predicted molar refractivity (Wildman–Crippen MR) is 54.6 cm³/mol. The molecule has 0 unspecified atom stereocenters. The SMILES string of the molecule is NC(=O)C#Cc1cc(C=O)cc([N+](=O)[O-])c1. The van der Waals surface area contributed by atoms with Crippen molar-refractivity contribution in [1.82, 2.24) is 0 Å². The summed E-state index contributed by atoms with van der Waals surface area (Å²) in [5.41, 5.74) is 4.83. The number of nitrogens with two attached hydrogens (primary N) is 1. The summed E-state index contributed by atoms with van der Waals surface area (Å²) >= 11 is 0. The molecule has 0 aromatic heterocycles. The Morgan fingerprint density at radius 3 is 2.62 bits per heavy atom. The van der Waals surface area contributed by atoms with Crippen LogP contribution in [0.5, 0.6) is 0 Å². The Balaban J connectivity index is 3.26. The summed E-state index contributed by atoms with van der Waals surface area (Å²) < 4.78 is 0. The molecule has 0 atom stereocenters. The highest BCUT2D eigenvalue weighted by molar-refractivity contribution is 5.92. The van der Waals surface area contributed by atoms with Crippen molar-refractivity contribution in [3.05, 3.63) is 39.4 Å². The van der Waals surface area contributed by atoms with Gasteiger partial charge in [-0.2, -0.15) is 0 Å². The van der Waals surface area contributed by atoms with Crippen molar-refractivity contribution < 1.29 is 14.5 Å². The Morgan fingerprint density at radius 2 is 2.12 bits per heavy atom. The normalized spacial score (nSPS) is 8.75. The average molecular weight is 218 g/mol. The number of aldehydes is 1. The number of nitro groups is 1. The van der Waals surface area contributed by atoms with Crippen molar-refractivity contribution in [2.75, 3.05) is 0 Å². The van der Waals surface area contributed by atoms with Crippen LogP contribution in [0.4, 0.5) is 5.69 Å². The molecule has 0 aliphatic carbocycles. The number of nitro benzene ring substituents is 1. The number of benzene rings is 1. The Kier molecular flexibility index (Phi) is 3.35. The van der Waals surface area contributed by atoms with Crippen LogP contribution < -0.4 is 5.73 Å². The molecule has 0 spiro atoms. The maximum atomic E-state index is 10.5. The van der Waals surface area contributed by atoms with Crippen LogP contribution in [0.15, 0.2) is 18.2 Å². The lowest BCUT2D eigenvalue weighted by atomic mass is 10.1. The van der Waals surface area contributed by atoms with Gasteiger partial charge in [-0.3, -0.25) is 19.7 Å². The second-order valence-electron chi connectivity index (χ2n) is 2.80. The molecule has 0 bridgehead atoms. The second kappa shape index (κ2) is 4.70. The van der Waals surface area contributed by atoms with E-state index in [1.807, 2.05) is 5.92 Å². The summed E-state index contributed by atoms with van der Waals surface area (Å²) in [6, 6.07) is 3.60. The second-order valence-corrected chi connectivity index (χ2v) is 2.80. The van der Waals surface area contributed by atoms with Crippen LogP contribution in [-0.4, -0.2) is 17.1 Å². The summed E-state index contributed by atoms with van der Waals surface area (Å²) in [6.07, 6.45) is 0.461.